The van der Waals surface area contributed by atoms with Gasteiger partial charge in [0.05, 0.1) is 0 Å². The number of hydrogen-bond acceptors (Lipinski definition) is 3. The van der Waals surface area contributed by atoms with Crippen molar-refractivity contribution in [3.63, 3.8) is 0 Å². The van der Waals surface area contributed by atoms with Crippen molar-refractivity contribution in [2.45, 2.75) is 47.0 Å². The van der Waals surface area contributed by atoms with Crippen LogP contribution >= 0.6 is 0 Å². The van der Waals surface area contributed by atoms with Gasteiger partial charge < -0.3 is 14.4 Å². The van der Waals surface area contributed by atoms with Gasteiger partial charge in [-0.1, -0.05) is 87.9 Å². The van der Waals surface area contributed by atoms with Crippen LogP contribution in [0.3, 0.4) is 0 Å². The van der Waals surface area contributed by atoms with E-state index in [0.717, 1.165) is 44.6 Å². The third-order valence-corrected chi connectivity index (χ3v) is 9.03. The zero-order valence-electron chi connectivity index (χ0n) is 28.7. The van der Waals surface area contributed by atoms with Crippen LogP contribution < -0.4 is 0 Å². The first kappa shape index (κ1) is 34.0. The van der Waals surface area contributed by atoms with Crippen LogP contribution in [-0.4, -0.2) is 9.97 Å². The summed E-state index contributed by atoms with van der Waals surface area (Å²) < 4.78 is 6.11. The Morgan fingerprint density at radius 3 is 2.20 bits per heavy atom. The molecule has 0 bridgehead atoms. The molecule has 4 heteroatoms. The van der Waals surface area contributed by atoms with E-state index in [4.69, 9.17) is 4.42 Å². The van der Waals surface area contributed by atoms with E-state index in [2.05, 4.69) is 149 Å². The van der Waals surface area contributed by atoms with Gasteiger partial charge in [-0.2, -0.15) is 0 Å². The van der Waals surface area contributed by atoms with E-state index < -0.39 is 0 Å². The second kappa shape index (κ2) is 13.9. The fraction of sp³-hybridized carbons (Fsp3) is 0.156. The van der Waals surface area contributed by atoms with Crippen molar-refractivity contribution in [1.82, 2.24) is 9.97 Å². The van der Waals surface area contributed by atoms with Crippen LogP contribution in [-0.2, 0) is 25.5 Å². The average molecular weight is 815 g/mol. The van der Waals surface area contributed by atoms with Gasteiger partial charge in [0.25, 0.3) is 0 Å². The minimum atomic E-state index is 0. The van der Waals surface area contributed by atoms with Gasteiger partial charge in [0.15, 0.2) is 0 Å². The van der Waals surface area contributed by atoms with Crippen molar-refractivity contribution in [2.75, 3.05) is 0 Å². The molecule has 49 heavy (non-hydrogen) atoms. The molecule has 3 heterocycles. The summed E-state index contributed by atoms with van der Waals surface area (Å²) in [6.07, 6.45) is 3.81. The van der Waals surface area contributed by atoms with E-state index >= 15 is 0 Å². The standard InChI is InChI=1S/C31H24NO.C14H14N.Ir/c1-31(2,3)22-16-17-32-27(19-22)21-9-6-8-20(18-21)23-11-7-12-25-24(23)14-15-29-30(25)26-10-4-5-13-28(26)33-29;1-10-4-6-13(7-5-10)14-8-11(2)12(3)9-15-14;/h4-8,10-19H,1-3H3;4-6,8-9H,1-3H3;/q2*-1;. The van der Waals surface area contributed by atoms with E-state index in [1.165, 1.54) is 44.0 Å². The van der Waals surface area contributed by atoms with Gasteiger partial charge in [-0.25, -0.2) is 0 Å². The van der Waals surface area contributed by atoms with Crippen molar-refractivity contribution >= 4 is 32.7 Å². The number of furan rings is 1. The van der Waals surface area contributed by atoms with Crippen LogP contribution in [0.1, 0.15) is 43.0 Å². The molecule has 0 amide bonds. The predicted molar refractivity (Wildman–Crippen MR) is 200 cm³/mol. The second-order valence-corrected chi connectivity index (χ2v) is 13.5. The molecule has 0 N–H and O–H groups in total. The third-order valence-electron chi connectivity index (χ3n) is 9.03. The van der Waals surface area contributed by atoms with Crippen molar-refractivity contribution in [2.24, 2.45) is 0 Å². The molecule has 3 nitrogen and oxygen atoms in total. The van der Waals surface area contributed by atoms with Crippen LogP contribution in [0, 0.1) is 32.9 Å². The van der Waals surface area contributed by atoms with Gasteiger partial charge in [-0.05, 0) is 76.3 Å². The molecule has 8 aromatic rings. The molecule has 3 aromatic heterocycles. The quantitative estimate of drug-likeness (QED) is 0.167. The van der Waals surface area contributed by atoms with Crippen LogP contribution in [0.4, 0.5) is 0 Å². The zero-order chi connectivity index (χ0) is 33.4. The van der Waals surface area contributed by atoms with Gasteiger partial charge in [0.1, 0.15) is 11.2 Å². The Labute approximate surface area is 302 Å². The first-order valence-corrected chi connectivity index (χ1v) is 16.4. The first-order valence-electron chi connectivity index (χ1n) is 16.4. The molecule has 5 aromatic carbocycles. The number of nitrogens with zero attached hydrogens (tertiary/aromatic N) is 2. The molecule has 0 spiro atoms. The molecule has 0 aliphatic heterocycles. The van der Waals surface area contributed by atoms with Crippen LogP contribution in [0.2, 0.25) is 0 Å². The van der Waals surface area contributed by atoms with Gasteiger partial charge in [0, 0.05) is 43.3 Å². The van der Waals surface area contributed by atoms with Crippen molar-refractivity contribution in [1.29, 1.82) is 0 Å². The molecular formula is C45H38IrN2O-2. The first-order chi connectivity index (χ1) is 23.2. The number of fused-ring (bicyclic) bond motifs is 5. The second-order valence-electron chi connectivity index (χ2n) is 13.5. The Kier molecular flexibility index (Phi) is 9.65. The predicted octanol–water partition coefficient (Wildman–Crippen LogP) is 12.0. The SMILES string of the molecule is CC(C)(C)c1ccnc(-c2[c-]ccc(-c3cccc4c3ccc3oc5ccccc5c34)c2)c1.Cc1c[c-]c(-c2cc(C)c(C)cn2)cc1.[Ir]. The molecule has 245 valence electrons. The molecule has 1 radical (unpaired) electrons. The average Bonchev–Trinajstić information content (AvgIpc) is 3.49. The van der Waals surface area contributed by atoms with Gasteiger partial charge >= 0.3 is 0 Å². The number of rotatable bonds is 3. The molecule has 8 rings (SSSR count). The van der Waals surface area contributed by atoms with E-state index in [1.807, 2.05) is 36.7 Å². The maximum Gasteiger partial charge on any atom is 0.136 e. The van der Waals surface area contributed by atoms with Crippen LogP contribution in [0.15, 0.2) is 126 Å². The molecule has 0 fully saturated rings. The smallest absolute Gasteiger partial charge is 0.136 e. The number of hydrogen-bond donors (Lipinski definition) is 0. The molecular weight excluding hydrogens is 777 g/mol. The topological polar surface area (TPSA) is 38.9 Å². The number of pyridine rings is 2. The summed E-state index contributed by atoms with van der Waals surface area (Å²) in [5.41, 5.74) is 13.3. The molecule has 0 saturated heterocycles. The van der Waals surface area contributed by atoms with Gasteiger partial charge in [-0.15, -0.1) is 70.8 Å². The largest absolute Gasteiger partial charge is 0.456 e. The minimum Gasteiger partial charge on any atom is -0.456 e. The van der Waals surface area contributed by atoms with Crippen molar-refractivity contribution in [3.8, 4) is 33.6 Å². The number of aromatic nitrogens is 2. The van der Waals surface area contributed by atoms with Crippen LogP contribution in [0.25, 0.3) is 66.4 Å². The summed E-state index contributed by atoms with van der Waals surface area (Å²) in [6, 6.07) is 44.5. The third kappa shape index (κ3) is 6.99. The Morgan fingerprint density at radius 2 is 1.43 bits per heavy atom. The number of benzene rings is 5. The Morgan fingerprint density at radius 1 is 0.633 bits per heavy atom. The molecule has 0 saturated carbocycles. The normalized spacial score (nSPS) is 11.3. The Balaban J connectivity index is 0.000000220. The maximum atomic E-state index is 6.11. The Hall–Kier alpha value is -4.89. The summed E-state index contributed by atoms with van der Waals surface area (Å²) in [5, 5.41) is 4.75. The van der Waals surface area contributed by atoms with E-state index in [9.17, 15) is 0 Å². The minimum absolute atomic E-state index is 0. The van der Waals surface area contributed by atoms with E-state index in [0.29, 0.717) is 0 Å². The summed E-state index contributed by atoms with van der Waals surface area (Å²) >= 11 is 0. The van der Waals surface area contributed by atoms with Gasteiger partial charge in [0.2, 0.25) is 0 Å². The molecule has 0 atom stereocenters. The molecule has 0 aliphatic rings. The van der Waals surface area contributed by atoms with E-state index in [1.54, 1.807) is 0 Å². The zero-order valence-corrected chi connectivity index (χ0v) is 31.1. The molecule has 0 unspecified atom stereocenters. The fourth-order valence-corrected chi connectivity index (χ4v) is 6.09. The van der Waals surface area contributed by atoms with Crippen LogP contribution in [0.5, 0.6) is 0 Å². The maximum absolute atomic E-state index is 6.11. The van der Waals surface area contributed by atoms with Crippen molar-refractivity contribution < 1.29 is 24.5 Å². The monoisotopic (exact) mass is 815 g/mol. The molecule has 0 aliphatic carbocycles. The number of aryl methyl sites for hydroxylation is 3. The Bertz CT molecular complexity index is 2420. The summed E-state index contributed by atoms with van der Waals surface area (Å²) in [6.45, 7) is 12.9. The summed E-state index contributed by atoms with van der Waals surface area (Å²) in [7, 11) is 0. The number of para-hydroxylation sites is 1. The summed E-state index contributed by atoms with van der Waals surface area (Å²) in [4.78, 5) is 9.05. The fourth-order valence-electron chi connectivity index (χ4n) is 6.09. The summed E-state index contributed by atoms with van der Waals surface area (Å²) in [5.74, 6) is 0. The van der Waals surface area contributed by atoms with Crippen molar-refractivity contribution in [3.05, 3.63) is 156 Å². The van der Waals surface area contributed by atoms with Gasteiger partial charge in [-0.3, -0.25) is 0 Å². The van der Waals surface area contributed by atoms with E-state index in [-0.39, 0.29) is 25.5 Å².